The summed E-state index contributed by atoms with van der Waals surface area (Å²) in [5.74, 6) is -0.443. The fourth-order valence-corrected chi connectivity index (χ4v) is 4.62. The van der Waals surface area contributed by atoms with Gasteiger partial charge in [0.2, 0.25) is 0 Å². The van der Waals surface area contributed by atoms with Crippen molar-refractivity contribution in [2.24, 2.45) is 0 Å². The highest BCUT2D eigenvalue weighted by Gasteiger charge is 2.21. The van der Waals surface area contributed by atoms with Gasteiger partial charge < -0.3 is 10.1 Å². The van der Waals surface area contributed by atoms with E-state index < -0.39 is 22.5 Å². The number of carbonyl (C=O) groups is 2. The van der Waals surface area contributed by atoms with Gasteiger partial charge in [-0.1, -0.05) is 27.7 Å². The van der Waals surface area contributed by atoms with Crippen LogP contribution in [0.2, 0.25) is 0 Å². The number of nitro benzene ring substituents is 1. The van der Waals surface area contributed by atoms with Crippen LogP contribution in [0, 0.1) is 10.1 Å². The third kappa shape index (κ3) is 5.95. The Kier molecular flexibility index (Phi) is 7.18. The summed E-state index contributed by atoms with van der Waals surface area (Å²) in [5.41, 5.74) is 0.636. The minimum Gasteiger partial charge on any atom is -0.443 e. The number of nitrogens with zero attached hydrogens (tertiary/aromatic N) is 2. The molecule has 36 heavy (non-hydrogen) atoms. The maximum atomic E-state index is 12.6. The number of halogens is 1. The van der Waals surface area contributed by atoms with E-state index in [1.807, 2.05) is 6.07 Å². The highest BCUT2D eigenvalue weighted by Crippen LogP contribution is 2.37. The van der Waals surface area contributed by atoms with Gasteiger partial charge >= 0.3 is 6.09 Å². The molecule has 0 aliphatic heterocycles. The van der Waals surface area contributed by atoms with E-state index in [4.69, 9.17) is 4.74 Å². The van der Waals surface area contributed by atoms with E-state index in [1.165, 1.54) is 22.4 Å². The van der Waals surface area contributed by atoms with Crippen LogP contribution in [0.3, 0.4) is 0 Å². The number of carbonyl (C=O) groups excluding carboxylic acids is 2. The molecule has 0 fully saturated rings. The van der Waals surface area contributed by atoms with Crippen molar-refractivity contribution in [1.29, 1.82) is 0 Å². The highest BCUT2D eigenvalue weighted by molar-refractivity contribution is 9.10. The number of hydrogen-bond acceptors (Lipinski definition) is 6. The summed E-state index contributed by atoms with van der Waals surface area (Å²) >= 11 is 4.54. The zero-order valence-corrected chi connectivity index (χ0v) is 22.1. The van der Waals surface area contributed by atoms with Crippen molar-refractivity contribution in [3.63, 3.8) is 0 Å². The quantitative estimate of drug-likeness (QED) is 0.198. The Morgan fingerprint density at radius 3 is 2.42 bits per heavy atom. The van der Waals surface area contributed by atoms with Crippen LogP contribution in [-0.4, -0.2) is 27.1 Å². The van der Waals surface area contributed by atoms with E-state index in [2.05, 4.69) is 21.2 Å². The molecule has 0 bridgehead atoms. The number of benzene rings is 3. The molecule has 184 valence electrons. The lowest BCUT2D eigenvalue weighted by Crippen LogP contribution is -2.26. The molecule has 4 aromatic rings. The van der Waals surface area contributed by atoms with Crippen molar-refractivity contribution in [2.75, 3.05) is 5.32 Å². The first-order chi connectivity index (χ1) is 17.0. The lowest BCUT2D eigenvalue weighted by Gasteiger charge is -2.19. The number of nitrogens with one attached hydrogen (secondary N) is 1. The third-order valence-electron chi connectivity index (χ3n) is 5.00. The van der Waals surface area contributed by atoms with Crippen LogP contribution in [0.1, 0.15) is 31.1 Å². The van der Waals surface area contributed by atoms with Crippen LogP contribution in [0.5, 0.6) is 0 Å². The zero-order valence-electron chi connectivity index (χ0n) is 19.7. The number of fused-ring (bicyclic) bond motifs is 1. The molecule has 1 N–H and O–H groups in total. The van der Waals surface area contributed by atoms with Crippen molar-refractivity contribution < 1.29 is 19.2 Å². The summed E-state index contributed by atoms with van der Waals surface area (Å²) in [6.45, 7) is 5.40. The Morgan fingerprint density at radius 2 is 1.75 bits per heavy atom. The molecule has 1 heterocycles. The van der Waals surface area contributed by atoms with Crippen LogP contribution in [0.25, 0.3) is 10.9 Å². The molecule has 10 heteroatoms. The molecule has 1 aromatic heterocycles. The van der Waals surface area contributed by atoms with Crippen molar-refractivity contribution in [3.8, 4) is 0 Å². The van der Waals surface area contributed by atoms with Crippen molar-refractivity contribution in [3.05, 3.63) is 93.1 Å². The molecule has 4 rings (SSSR count). The first-order valence-electron chi connectivity index (χ1n) is 10.9. The van der Waals surface area contributed by atoms with Gasteiger partial charge in [0.15, 0.2) is 0 Å². The Bertz CT molecular complexity index is 1480. The second-order valence-corrected chi connectivity index (χ2v) is 10.9. The van der Waals surface area contributed by atoms with E-state index in [1.54, 1.807) is 81.6 Å². The van der Waals surface area contributed by atoms with Crippen LogP contribution in [0.15, 0.2) is 87.2 Å². The van der Waals surface area contributed by atoms with Crippen molar-refractivity contribution in [1.82, 2.24) is 4.57 Å². The maximum absolute atomic E-state index is 12.6. The van der Waals surface area contributed by atoms with E-state index in [0.29, 0.717) is 16.1 Å². The number of ether oxygens (including phenoxy) is 1. The standard InChI is InChI=1S/C26H22BrN3O5S/c1-26(2,3)35-25(32)29-13-12-16-14-20(9-10-21(16)29)36-23-11-4-17(15-22(23)30(33)34)24(31)28-19-7-5-18(27)6-8-19/h4-15H,1-3H3,(H,28,31). The van der Waals surface area contributed by atoms with Gasteiger partial charge in [-0.2, -0.15) is 0 Å². The Labute approximate surface area is 219 Å². The fraction of sp³-hybridized carbons (Fsp3) is 0.154. The topological polar surface area (TPSA) is 103 Å². The maximum Gasteiger partial charge on any atom is 0.418 e. The largest absolute Gasteiger partial charge is 0.443 e. The molecule has 0 saturated heterocycles. The van der Waals surface area contributed by atoms with Gasteiger partial charge in [0.05, 0.1) is 15.3 Å². The minimum atomic E-state index is -0.621. The predicted molar refractivity (Wildman–Crippen MR) is 143 cm³/mol. The van der Waals surface area contributed by atoms with Gasteiger partial charge in [-0.05, 0) is 81.4 Å². The number of anilines is 1. The number of nitro groups is 1. The molecular weight excluding hydrogens is 546 g/mol. The molecule has 0 aliphatic carbocycles. The van der Waals surface area contributed by atoms with E-state index >= 15 is 0 Å². The summed E-state index contributed by atoms with van der Waals surface area (Å²) in [6, 6.07) is 18.6. The van der Waals surface area contributed by atoms with Crippen LogP contribution in [0.4, 0.5) is 16.2 Å². The summed E-state index contributed by atoms with van der Waals surface area (Å²) < 4.78 is 7.74. The van der Waals surface area contributed by atoms with Gasteiger partial charge in [-0.25, -0.2) is 4.79 Å². The average molecular weight is 568 g/mol. The van der Waals surface area contributed by atoms with Gasteiger partial charge in [0.25, 0.3) is 11.6 Å². The second kappa shape index (κ2) is 10.2. The summed E-state index contributed by atoms with van der Waals surface area (Å²) in [5, 5.41) is 15.3. The molecule has 0 spiro atoms. The molecule has 0 aliphatic rings. The molecule has 0 atom stereocenters. The van der Waals surface area contributed by atoms with Crippen LogP contribution >= 0.6 is 27.7 Å². The molecule has 3 aromatic carbocycles. The van der Waals surface area contributed by atoms with Crippen molar-refractivity contribution >= 4 is 62.0 Å². The number of rotatable bonds is 5. The van der Waals surface area contributed by atoms with Crippen molar-refractivity contribution in [2.45, 2.75) is 36.2 Å². The van der Waals surface area contributed by atoms with E-state index in [0.717, 1.165) is 14.8 Å². The normalized spacial score (nSPS) is 11.3. The average Bonchev–Trinajstić information content (AvgIpc) is 3.23. The SMILES string of the molecule is CC(C)(C)OC(=O)n1ccc2cc(Sc3ccc(C(=O)Nc4ccc(Br)cc4)cc3[N+](=O)[O-])ccc21. The Balaban J connectivity index is 1.56. The van der Waals surface area contributed by atoms with Gasteiger partial charge in [0, 0.05) is 38.3 Å². The fourth-order valence-electron chi connectivity index (χ4n) is 3.41. The monoisotopic (exact) mass is 567 g/mol. The third-order valence-corrected chi connectivity index (χ3v) is 6.58. The first-order valence-corrected chi connectivity index (χ1v) is 12.5. The minimum absolute atomic E-state index is 0.171. The Hall–Kier alpha value is -3.63. The van der Waals surface area contributed by atoms with Crippen LogP contribution < -0.4 is 5.32 Å². The van der Waals surface area contributed by atoms with Gasteiger partial charge in [-0.15, -0.1) is 0 Å². The molecular formula is C26H22BrN3O5S. The molecule has 0 saturated carbocycles. The van der Waals surface area contributed by atoms with Gasteiger partial charge in [-0.3, -0.25) is 19.5 Å². The Morgan fingerprint density at radius 1 is 1.03 bits per heavy atom. The first kappa shape index (κ1) is 25.5. The molecule has 8 nitrogen and oxygen atoms in total. The molecule has 0 unspecified atom stereocenters. The smallest absolute Gasteiger partial charge is 0.418 e. The summed E-state index contributed by atoms with van der Waals surface area (Å²) in [6.07, 6.45) is 1.15. The van der Waals surface area contributed by atoms with Crippen LogP contribution in [-0.2, 0) is 4.74 Å². The predicted octanol–water partition coefficient (Wildman–Crippen LogP) is 7.50. The second-order valence-electron chi connectivity index (χ2n) is 8.89. The number of aromatic nitrogens is 1. The zero-order chi connectivity index (χ0) is 26.0. The number of amides is 1. The summed E-state index contributed by atoms with van der Waals surface area (Å²) in [4.78, 5) is 37.5. The summed E-state index contributed by atoms with van der Waals surface area (Å²) in [7, 11) is 0. The lowest BCUT2D eigenvalue weighted by atomic mass is 10.2. The highest BCUT2D eigenvalue weighted by atomic mass is 79.9. The lowest BCUT2D eigenvalue weighted by molar-refractivity contribution is -0.387. The van der Waals surface area contributed by atoms with E-state index in [-0.39, 0.29) is 11.3 Å². The van der Waals surface area contributed by atoms with Gasteiger partial charge in [0.1, 0.15) is 5.60 Å². The van der Waals surface area contributed by atoms with E-state index in [9.17, 15) is 19.7 Å². The molecule has 1 amide bonds. The molecule has 0 radical (unpaired) electrons. The number of hydrogen-bond donors (Lipinski definition) is 1.